The van der Waals surface area contributed by atoms with Crippen LogP contribution in [-0.4, -0.2) is 12.1 Å². The number of fused-ring (bicyclic) bond motifs is 1. The number of anilines is 1. The summed E-state index contributed by atoms with van der Waals surface area (Å²) in [7, 11) is 0. The van der Waals surface area contributed by atoms with Gasteiger partial charge in [0.2, 0.25) is 0 Å². The highest BCUT2D eigenvalue weighted by molar-refractivity contribution is 5.60. The molecular formula is C11H15NO. The first-order chi connectivity index (χ1) is 6.07. The zero-order valence-electron chi connectivity index (χ0n) is 8.35. The topological polar surface area (TPSA) is 21.3 Å². The molecule has 0 atom stereocenters. The maximum atomic E-state index is 5.63. The van der Waals surface area contributed by atoms with Crippen molar-refractivity contribution in [2.75, 3.05) is 11.9 Å². The van der Waals surface area contributed by atoms with Gasteiger partial charge >= 0.3 is 0 Å². The molecular weight excluding hydrogens is 162 g/mol. The fourth-order valence-electron chi connectivity index (χ4n) is 1.53. The molecule has 0 saturated carbocycles. The van der Waals surface area contributed by atoms with E-state index in [0.29, 0.717) is 0 Å². The second-order valence-corrected chi connectivity index (χ2v) is 4.30. The van der Waals surface area contributed by atoms with Crippen molar-refractivity contribution in [1.29, 1.82) is 0 Å². The average Bonchev–Trinajstić information content (AvgIpc) is 2.01. The highest BCUT2D eigenvalue weighted by atomic mass is 16.5. The van der Waals surface area contributed by atoms with Crippen molar-refractivity contribution in [2.24, 2.45) is 0 Å². The Balaban J connectivity index is 2.38. The van der Waals surface area contributed by atoms with Crippen molar-refractivity contribution >= 4 is 5.69 Å². The Morgan fingerprint density at radius 3 is 2.92 bits per heavy atom. The molecule has 2 rings (SSSR count). The summed E-state index contributed by atoms with van der Waals surface area (Å²) in [5, 5.41) is 3.45. The van der Waals surface area contributed by atoms with Crippen molar-refractivity contribution in [3.05, 3.63) is 23.8 Å². The first-order valence-electron chi connectivity index (χ1n) is 4.58. The Morgan fingerprint density at radius 2 is 2.15 bits per heavy atom. The van der Waals surface area contributed by atoms with Crippen LogP contribution in [0.3, 0.4) is 0 Å². The summed E-state index contributed by atoms with van der Waals surface area (Å²) in [4.78, 5) is 0. The lowest BCUT2D eigenvalue weighted by Gasteiger charge is -2.33. The van der Waals surface area contributed by atoms with Crippen molar-refractivity contribution in [2.45, 2.75) is 26.3 Å². The van der Waals surface area contributed by atoms with Gasteiger partial charge in [-0.2, -0.15) is 0 Å². The van der Waals surface area contributed by atoms with Gasteiger partial charge in [0, 0.05) is 0 Å². The van der Waals surface area contributed by atoms with Gasteiger partial charge in [-0.05, 0) is 38.5 Å². The lowest BCUT2D eigenvalue weighted by atomic mass is 10.0. The minimum Gasteiger partial charge on any atom is -0.489 e. The van der Waals surface area contributed by atoms with E-state index >= 15 is 0 Å². The molecule has 1 heterocycles. The van der Waals surface area contributed by atoms with E-state index in [4.69, 9.17) is 4.74 Å². The highest BCUT2D eigenvalue weighted by Crippen LogP contribution is 2.32. The molecule has 1 aromatic rings. The van der Waals surface area contributed by atoms with Gasteiger partial charge in [-0.25, -0.2) is 0 Å². The molecule has 0 aromatic heterocycles. The largest absolute Gasteiger partial charge is 0.489 e. The van der Waals surface area contributed by atoms with E-state index in [-0.39, 0.29) is 5.54 Å². The van der Waals surface area contributed by atoms with E-state index in [1.165, 1.54) is 5.56 Å². The molecule has 1 N–H and O–H groups in total. The van der Waals surface area contributed by atoms with Crippen LogP contribution in [0.25, 0.3) is 0 Å². The van der Waals surface area contributed by atoms with Crippen molar-refractivity contribution < 1.29 is 4.74 Å². The number of hydrogen-bond acceptors (Lipinski definition) is 2. The van der Waals surface area contributed by atoms with Crippen molar-refractivity contribution in [3.63, 3.8) is 0 Å². The van der Waals surface area contributed by atoms with Crippen LogP contribution in [0.4, 0.5) is 5.69 Å². The number of benzene rings is 1. The molecule has 1 aliphatic heterocycles. The van der Waals surface area contributed by atoms with E-state index in [0.717, 1.165) is 18.0 Å². The van der Waals surface area contributed by atoms with Gasteiger partial charge in [0.25, 0.3) is 0 Å². The first-order valence-corrected chi connectivity index (χ1v) is 4.58. The third-order valence-corrected chi connectivity index (χ3v) is 2.20. The van der Waals surface area contributed by atoms with Gasteiger partial charge < -0.3 is 10.1 Å². The Morgan fingerprint density at radius 1 is 1.38 bits per heavy atom. The molecule has 1 aromatic carbocycles. The number of nitrogens with one attached hydrogen (secondary N) is 1. The summed E-state index contributed by atoms with van der Waals surface area (Å²) in [5.41, 5.74) is 2.41. The van der Waals surface area contributed by atoms with E-state index in [1.54, 1.807) is 0 Å². The van der Waals surface area contributed by atoms with E-state index in [2.05, 4.69) is 38.2 Å². The lowest BCUT2D eigenvalue weighted by molar-refractivity contribution is 0.242. The minimum atomic E-state index is 0.0425. The molecule has 0 fully saturated rings. The molecule has 0 amide bonds. The smallest absolute Gasteiger partial charge is 0.142 e. The molecule has 0 bridgehead atoms. The monoisotopic (exact) mass is 177 g/mol. The fourth-order valence-corrected chi connectivity index (χ4v) is 1.53. The summed E-state index contributed by atoms with van der Waals surface area (Å²) >= 11 is 0. The van der Waals surface area contributed by atoms with Gasteiger partial charge in [0.05, 0.1) is 11.2 Å². The Hall–Kier alpha value is -1.18. The molecule has 0 aliphatic carbocycles. The van der Waals surface area contributed by atoms with Crippen LogP contribution in [0.2, 0.25) is 0 Å². The van der Waals surface area contributed by atoms with Crippen LogP contribution in [0.5, 0.6) is 5.75 Å². The Bertz CT molecular complexity index is 331. The molecule has 0 saturated heterocycles. The van der Waals surface area contributed by atoms with Crippen LogP contribution >= 0.6 is 0 Å². The van der Waals surface area contributed by atoms with Gasteiger partial charge in [-0.15, -0.1) is 0 Å². The molecule has 0 spiro atoms. The normalized spacial score (nSPS) is 18.4. The van der Waals surface area contributed by atoms with Crippen LogP contribution in [0.1, 0.15) is 19.4 Å². The maximum Gasteiger partial charge on any atom is 0.142 e. The second-order valence-electron chi connectivity index (χ2n) is 4.30. The fraction of sp³-hybridized carbons (Fsp3) is 0.455. The Labute approximate surface area is 78.9 Å². The minimum absolute atomic E-state index is 0.0425. The molecule has 1 aliphatic rings. The summed E-state index contributed by atoms with van der Waals surface area (Å²) < 4.78 is 5.63. The van der Waals surface area contributed by atoms with Gasteiger partial charge in [0.15, 0.2) is 0 Å². The number of hydrogen-bond donors (Lipinski definition) is 1. The predicted octanol–water partition coefficient (Wildman–Crippen LogP) is 2.58. The highest BCUT2D eigenvalue weighted by Gasteiger charge is 2.25. The number of ether oxygens (including phenoxy) is 1. The molecule has 2 nitrogen and oxygen atoms in total. The van der Waals surface area contributed by atoms with Gasteiger partial charge in [-0.1, -0.05) is 6.07 Å². The standard InChI is InChI=1S/C11H15NO/c1-8-4-5-10-9(6-8)12-11(2,3)7-13-10/h4-6,12H,7H2,1-3H3. The third kappa shape index (κ3) is 1.62. The van der Waals surface area contributed by atoms with E-state index in [9.17, 15) is 0 Å². The van der Waals surface area contributed by atoms with Gasteiger partial charge in [-0.3, -0.25) is 0 Å². The van der Waals surface area contributed by atoms with Crippen molar-refractivity contribution in [3.8, 4) is 5.75 Å². The summed E-state index contributed by atoms with van der Waals surface area (Å²) in [6.45, 7) is 7.09. The first kappa shape index (κ1) is 8.42. The summed E-state index contributed by atoms with van der Waals surface area (Å²) in [5.74, 6) is 0.963. The van der Waals surface area contributed by atoms with Crippen LogP contribution < -0.4 is 10.1 Å². The molecule has 2 heteroatoms. The third-order valence-electron chi connectivity index (χ3n) is 2.20. The van der Waals surface area contributed by atoms with E-state index < -0.39 is 0 Å². The van der Waals surface area contributed by atoms with Crippen LogP contribution in [0, 0.1) is 6.92 Å². The van der Waals surface area contributed by atoms with Crippen molar-refractivity contribution in [1.82, 2.24) is 0 Å². The lowest BCUT2D eigenvalue weighted by Crippen LogP contribution is -2.40. The number of rotatable bonds is 0. The van der Waals surface area contributed by atoms with Crippen LogP contribution in [0.15, 0.2) is 18.2 Å². The zero-order chi connectivity index (χ0) is 9.47. The van der Waals surface area contributed by atoms with Crippen LogP contribution in [-0.2, 0) is 0 Å². The quantitative estimate of drug-likeness (QED) is 0.657. The molecule has 70 valence electrons. The second kappa shape index (κ2) is 2.66. The molecule has 0 radical (unpaired) electrons. The van der Waals surface area contributed by atoms with Gasteiger partial charge in [0.1, 0.15) is 12.4 Å². The molecule has 13 heavy (non-hydrogen) atoms. The SMILES string of the molecule is Cc1ccc2c(c1)NC(C)(C)CO2. The van der Waals surface area contributed by atoms with E-state index in [1.807, 2.05) is 6.07 Å². The molecule has 0 unspecified atom stereocenters. The Kier molecular flexibility index (Phi) is 1.72. The summed E-state index contributed by atoms with van der Waals surface area (Å²) in [6.07, 6.45) is 0. The maximum absolute atomic E-state index is 5.63. The zero-order valence-corrected chi connectivity index (χ0v) is 8.35. The summed E-state index contributed by atoms with van der Waals surface area (Å²) in [6, 6.07) is 6.21. The average molecular weight is 177 g/mol. The predicted molar refractivity (Wildman–Crippen MR) is 54.4 cm³/mol. The number of aryl methyl sites for hydroxylation is 1.